The second-order valence-electron chi connectivity index (χ2n) is 16.3. The fourth-order valence-corrected chi connectivity index (χ4v) is 9.05. The minimum Gasteiger partial charge on any atom is -0.477 e. The molecule has 0 saturated carbocycles. The Hall–Kier alpha value is -6.32. The van der Waals surface area contributed by atoms with Gasteiger partial charge in [-0.2, -0.15) is 18.3 Å². The topological polar surface area (TPSA) is 202 Å². The smallest absolute Gasteiger partial charge is 0.435 e. The fourth-order valence-electron chi connectivity index (χ4n) is 8.78. The molecule has 0 aliphatic carbocycles. The van der Waals surface area contributed by atoms with E-state index in [1.54, 1.807) is 15.9 Å². The van der Waals surface area contributed by atoms with Crippen LogP contribution in [-0.2, 0) is 22.8 Å². The molecular formula is C41H45ClF3N12O6+. The van der Waals surface area contributed by atoms with E-state index in [0.717, 1.165) is 36.7 Å². The molecule has 4 N–H and O–H groups in total. The van der Waals surface area contributed by atoms with Crippen LogP contribution in [0.15, 0.2) is 55.0 Å². The highest BCUT2D eigenvalue weighted by Gasteiger charge is 2.43. The van der Waals surface area contributed by atoms with Crippen molar-refractivity contribution in [2.75, 3.05) is 77.8 Å². The Kier molecular flexibility index (Phi) is 11.8. The molecule has 3 fully saturated rings. The summed E-state index contributed by atoms with van der Waals surface area (Å²) in [6, 6.07) is 8.43. The number of rotatable bonds is 10. The lowest BCUT2D eigenvalue weighted by atomic mass is 9.90. The van der Waals surface area contributed by atoms with Crippen LogP contribution in [0.1, 0.15) is 39.5 Å². The Morgan fingerprint density at radius 2 is 1.71 bits per heavy atom. The number of halogens is 4. The maximum Gasteiger partial charge on any atom is 0.435 e. The summed E-state index contributed by atoms with van der Waals surface area (Å²) < 4.78 is 47.1. The molecule has 3 aliphatic rings. The van der Waals surface area contributed by atoms with Gasteiger partial charge in [0, 0.05) is 96.1 Å². The number of anilines is 1. The van der Waals surface area contributed by atoms with E-state index < -0.39 is 29.8 Å². The summed E-state index contributed by atoms with van der Waals surface area (Å²) in [6.07, 6.45) is 0.0974. The number of hydrogen-bond acceptors (Lipinski definition) is 9. The number of benzene rings is 1. The molecule has 18 nitrogen and oxygen atoms in total. The summed E-state index contributed by atoms with van der Waals surface area (Å²) in [5.41, 5.74) is -0.470. The summed E-state index contributed by atoms with van der Waals surface area (Å²) in [7, 11) is 2.85. The van der Waals surface area contributed by atoms with Crippen molar-refractivity contribution in [2.45, 2.75) is 19.0 Å². The van der Waals surface area contributed by atoms with Crippen LogP contribution in [0.2, 0.25) is 5.02 Å². The zero-order valence-electron chi connectivity index (χ0n) is 34.4. The lowest BCUT2D eigenvalue weighted by molar-refractivity contribution is -0.929. The number of carboxylic acid groups (broad SMARTS) is 1. The quantitative estimate of drug-likeness (QED) is 0.150. The van der Waals surface area contributed by atoms with Gasteiger partial charge in [-0.15, -0.1) is 0 Å². The lowest BCUT2D eigenvalue weighted by Gasteiger charge is -2.46. The number of alkyl halides is 3. The number of likely N-dealkylation sites (tertiary alicyclic amines) is 1. The van der Waals surface area contributed by atoms with Gasteiger partial charge in [-0.1, -0.05) is 11.6 Å². The van der Waals surface area contributed by atoms with E-state index in [-0.39, 0.29) is 76.5 Å². The summed E-state index contributed by atoms with van der Waals surface area (Å²) in [5, 5.41) is 21.8. The number of imidazole rings is 1. The number of pyridine rings is 1. The van der Waals surface area contributed by atoms with Crippen LogP contribution in [-0.4, -0.2) is 150 Å². The van der Waals surface area contributed by atoms with Gasteiger partial charge in [-0.3, -0.25) is 19.0 Å². The summed E-state index contributed by atoms with van der Waals surface area (Å²) in [6.45, 7) is 5.17. The van der Waals surface area contributed by atoms with Crippen molar-refractivity contribution < 1.29 is 46.7 Å². The third kappa shape index (κ3) is 8.72. The zero-order valence-corrected chi connectivity index (χ0v) is 35.1. The molecule has 0 unspecified atom stereocenters. The van der Waals surface area contributed by atoms with Crippen molar-refractivity contribution in [2.24, 2.45) is 18.9 Å². The van der Waals surface area contributed by atoms with E-state index in [2.05, 4.69) is 31.0 Å². The summed E-state index contributed by atoms with van der Waals surface area (Å²) in [4.78, 5) is 76.3. The number of amides is 4. The van der Waals surface area contributed by atoms with Crippen LogP contribution in [0.5, 0.6) is 0 Å². The van der Waals surface area contributed by atoms with E-state index in [4.69, 9.17) is 11.6 Å². The second-order valence-corrected chi connectivity index (χ2v) is 16.7. The Morgan fingerprint density at radius 3 is 2.35 bits per heavy atom. The molecule has 7 heterocycles. The number of hydrogen-bond donors (Lipinski definition) is 4. The van der Waals surface area contributed by atoms with Crippen LogP contribution < -0.4 is 16.0 Å². The Morgan fingerprint density at radius 1 is 1.00 bits per heavy atom. The Balaban J connectivity index is 0.893. The SMILES string of the molecule is CNC(=O)n1ccc2nc(-n3cc(-c4cnc(C(=O)Nc5ccc(C(=O)N6CCN(C(=O)C7CC[N+](CC(=O)O)(CC8CNC8)CC7)CC6)c(Cl)c5)n4C)c(C(F)(F)F)n3)ccc21. The number of carbonyl (C=O) groups is 5. The van der Waals surface area contributed by atoms with Gasteiger partial charge in [0.25, 0.3) is 11.8 Å². The van der Waals surface area contributed by atoms with Crippen LogP contribution in [0, 0.1) is 11.8 Å². The highest BCUT2D eigenvalue weighted by Crippen LogP contribution is 2.37. The van der Waals surface area contributed by atoms with Crippen molar-refractivity contribution >= 4 is 58.0 Å². The first-order chi connectivity index (χ1) is 30.0. The first-order valence-corrected chi connectivity index (χ1v) is 20.8. The molecule has 8 rings (SSSR count). The molecule has 0 atom stereocenters. The van der Waals surface area contributed by atoms with Gasteiger partial charge in [0.05, 0.1) is 58.7 Å². The molecule has 3 saturated heterocycles. The number of carboxylic acids is 1. The standard InChI is InChI=1S/C41H44ClF3N12O6/c1-46-40(63)55-10-7-30-31(55)5-6-33(50-30)56-21-28(35(51-56)41(43,44)45)32-20-48-36(52(32)2)37(60)49-26-3-4-27(29(42)17-26)39(62)54-13-11-53(12-14-54)38(61)25-8-15-57(16-9-25,23-34(58)59)22-24-18-47-19-24/h3-7,10,17,20-21,24-25,47H,8-9,11-16,18-19,22-23H2,1-2H3,(H2-,46,49,58,59,60,62,63)/p+1. The summed E-state index contributed by atoms with van der Waals surface area (Å²) in [5.74, 6) is -1.82. The zero-order chi connectivity index (χ0) is 44.8. The minimum absolute atomic E-state index is 0.0251. The number of aliphatic carboxylic acids is 1. The first kappa shape index (κ1) is 43.3. The van der Waals surface area contributed by atoms with Gasteiger partial charge in [-0.05, 0) is 36.4 Å². The van der Waals surface area contributed by atoms with Gasteiger partial charge >= 0.3 is 18.2 Å². The van der Waals surface area contributed by atoms with Crippen molar-refractivity contribution in [3.8, 4) is 17.1 Å². The van der Waals surface area contributed by atoms with Gasteiger partial charge < -0.3 is 39.9 Å². The summed E-state index contributed by atoms with van der Waals surface area (Å²) >= 11 is 6.57. The molecule has 1 aromatic carbocycles. The van der Waals surface area contributed by atoms with Crippen LogP contribution >= 0.6 is 11.6 Å². The van der Waals surface area contributed by atoms with Crippen molar-refractivity contribution in [1.29, 1.82) is 0 Å². The molecule has 22 heteroatoms. The Bertz CT molecular complexity index is 2600. The van der Waals surface area contributed by atoms with Gasteiger partial charge in [0.2, 0.25) is 5.91 Å². The third-order valence-corrected chi connectivity index (χ3v) is 12.5. The average Bonchev–Trinajstić information content (AvgIpc) is 3.98. The highest BCUT2D eigenvalue weighted by molar-refractivity contribution is 6.34. The molecule has 5 aromatic rings. The Labute approximate surface area is 363 Å². The van der Waals surface area contributed by atoms with E-state index in [0.29, 0.717) is 60.5 Å². The predicted octanol–water partition coefficient (Wildman–Crippen LogP) is 3.55. The van der Waals surface area contributed by atoms with E-state index in [1.165, 1.54) is 59.8 Å². The number of nitrogens with one attached hydrogen (secondary N) is 3. The number of carbonyl (C=O) groups excluding carboxylic acids is 4. The molecule has 4 amide bonds. The van der Waals surface area contributed by atoms with Crippen LogP contribution in [0.3, 0.4) is 0 Å². The van der Waals surface area contributed by atoms with Crippen molar-refractivity contribution in [3.05, 3.63) is 77.1 Å². The molecular weight excluding hydrogens is 849 g/mol. The number of aromatic nitrogens is 6. The van der Waals surface area contributed by atoms with Gasteiger partial charge in [0.15, 0.2) is 23.9 Å². The molecule has 0 spiro atoms. The number of nitrogens with zero attached hydrogens (tertiary/aromatic N) is 9. The number of piperazine rings is 1. The maximum atomic E-state index is 14.4. The van der Waals surface area contributed by atoms with E-state index >= 15 is 0 Å². The molecule has 332 valence electrons. The van der Waals surface area contributed by atoms with E-state index in [1.807, 2.05) is 0 Å². The number of piperidine rings is 1. The van der Waals surface area contributed by atoms with Crippen molar-refractivity contribution in [3.63, 3.8) is 0 Å². The predicted molar refractivity (Wildman–Crippen MR) is 222 cm³/mol. The fraction of sp³-hybridized carbons (Fsp3) is 0.415. The maximum absolute atomic E-state index is 14.4. The average molecular weight is 894 g/mol. The monoisotopic (exact) mass is 893 g/mol. The van der Waals surface area contributed by atoms with Gasteiger partial charge in [0.1, 0.15) is 0 Å². The normalized spacial score (nSPS) is 19.5. The van der Waals surface area contributed by atoms with Crippen LogP contribution in [0.25, 0.3) is 28.1 Å². The number of fused-ring (bicyclic) bond motifs is 1. The molecule has 4 aromatic heterocycles. The molecule has 0 bridgehead atoms. The third-order valence-electron chi connectivity index (χ3n) is 12.2. The van der Waals surface area contributed by atoms with Crippen LogP contribution in [0.4, 0.5) is 23.7 Å². The molecule has 63 heavy (non-hydrogen) atoms. The first-order valence-electron chi connectivity index (χ1n) is 20.4. The van der Waals surface area contributed by atoms with Crippen molar-refractivity contribution in [1.82, 2.24) is 49.3 Å². The highest BCUT2D eigenvalue weighted by atomic mass is 35.5. The minimum atomic E-state index is -4.89. The lowest BCUT2D eigenvalue weighted by Crippen LogP contribution is -2.62. The molecule has 0 radical (unpaired) electrons. The van der Waals surface area contributed by atoms with E-state index in [9.17, 15) is 42.3 Å². The van der Waals surface area contributed by atoms with Gasteiger partial charge in [-0.25, -0.2) is 24.2 Å². The number of quaternary nitrogens is 1. The largest absolute Gasteiger partial charge is 0.477 e. The molecule has 3 aliphatic heterocycles. The second kappa shape index (κ2) is 17.1.